The Bertz CT molecular complexity index is 385. The molecule has 18 heavy (non-hydrogen) atoms. The molecule has 0 aliphatic rings. The number of unbranched alkanes of at least 4 members (excludes halogenated alkanes) is 2. The van der Waals surface area contributed by atoms with Gasteiger partial charge in [0.2, 0.25) is 0 Å². The van der Waals surface area contributed by atoms with Crippen LogP contribution >= 0.6 is 0 Å². The lowest BCUT2D eigenvalue weighted by Crippen LogP contribution is -2.02. The lowest BCUT2D eigenvalue weighted by Gasteiger charge is -2.11. The SMILES string of the molecule is CCCCCOc1ccc(C(=O)CC)cc1OC. The summed E-state index contributed by atoms with van der Waals surface area (Å²) < 4.78 is 10.9. The second-order valence-electron chi connectivity index (χ2n) is 4.20. The lowest BCUT2D eigenvalue weighted by molar-refractivity contribution is 0.0987. The standard InChI is InChI=1S/C15H22O3/c1-4-6-7-10-18-14-9-8-12(13(16)5-2)11-15(14)17-3/h8-9,11H,4-7,10H2,1-3H3. The van der Waals surface area contributed by atoms with E-state index in [1.54, 1.807) is 19.2 Å². The number of carbonyl (C=O) groups excluding carboxylic acids is 1. The van der Waals surface area contributed by atoms with Gasteiger partial charge in [-0.25, -0.2) is 0 Å². The van der Waals surface area contributed by atoms with Crippen molar-refractivity contribution in [3.05, 3.63) is 23.8 Å². The first-order valence-corrected chi connectivity index (χ1v) is 6.57. The summed E-state index contributed by atoms with van der Waals surface area (Å²) in [5.74, 6) is 1.46. The highest BCUT2D eigenvalue weighted by Crippen LogP contribution is 2.28. The summed E-state index contributed by atoms with van der Waals surface area (Å²) in [5.41, 5.74) is 0.676. The molecular formula is C15H22O3. The zero-order chi connectivity index (χ0) is 13.4. The van der Waals surface area contributed by atoms with Crippen molar-refractivity contribution < 1.29 is 14.3 Å². The fourth-order valence-corrected chi connectivity index (χ4v) is 1.70. The van der Waals surface area contributed by atoms with Crippen LogP contribution in [0.25, 0.3) is 0 Å². The third-order valence-corrected chi connectivity index (χ3v) is 2.81. The number of Topliss-reactive ketones (excluding diaryl/α,β-unsaturated/α-hetero) is 1. The largest absolute Gasteiger partial charge is 0.493 e. The fraction of sp³-hybridized carbons (Fsp3) is 0.533. The summed E-state index contributed by atoms with van der Waals surface area (Å²) in [7, 11) is 1.59. The van der Waals surface area contributed by atoms with Crippen molar-refractivity contribution in [2.45, 2.75) is 39.5 Å². The van der Waals surface area contributed by atoms with Crippen molar-refractivity contribution in [3.8, 4) is 11.5 Å². The molecule has 0 saturated carbocycles. The Morgan fingerprint density at radius 2 is 1.94 bits per heavy atom. The van der Waals surface area contributed by atoms with Gasteiger partial charge in [0.25, 0.3) is 0 Å². The zero-order valence-electron chi connectivity index (χ0n) is 11.5. The number of hydrogen-bond donors (Lipinski definition) is 0. The van der Waals surface area contributed by atoms with Crippen LogP contribution in [0.3, 0.4) is 0 Å². The van der Waals surface area contributed by atoms with Gasteiger partial charge < -0.3 is 9.47 Å². The minimum absolute atomic E-state index is 0.117. The van der Waals surface area contributed by atoms with E-state index in [1.165, 1.54) is 6.42 Å². The summed E-state index contributed by atoms with van der Waals surface area (Å²) in [4.78, 5) is 11.6. The maximum absolute atomic E-state index is 11.6. The van der Waals surface area contributed by atoms with Crippen LogP contribution in [-0.4, -0.2) is 19.5 Å². The molecule has 1 aromatic rings. The van der Waals surface area contributed by atoms with Gasteiger partial charge in [-0.3, -0.25) is 4.79 Å². The van der Waals surface area contributed by atoms with Crippen molar-refractivity contribution in [3.63, 3.8) is 0 Å². The summed E-state index contributed by atoms with van der Waals surface area (Å²) in [6, 6.07) is 5.36. The minimum atomic E-state index is 0.117. The normalized spacial score (nSPS) is 10.2. The Morgan fingerprint density at radius 3 is 2.56 bits per heavy atom. The minimum Gasteiger partial charge on any atom is -0.493 e. The van der Waals surface area contributed by atoms with Crippen molar-refractivity contribution >= 4 is 5.78 Å². The van der Waals surface area contributed by atoms with Crippen LogP contribution in [-0.2, 0) is 0 Å². The lowest BCUT2D eigenvalue weighted by atomic mass is 10.1. The van der Waals surface area contributed by atoms with Crippen molar-refractivity contribution in [2.24, 2.45) is 0 Å². The first kappa shape index (κ1) is 14.6. The second kappa shape index (κ2) is 7.75. The molecule has 0 saturated heterocycles. The fourth-order valence-electron chi connectivity index (χ4n) is 1.70. The van der Waals surface area contributed by atoms with E-state index in [1.807, 2.05) is 13.0 Å². The van der Waals surface area contributed by atoms with Gasteiger partial charge >= 0.3 is 0 Å². The maximum atomic E-state index is 11.6. The molecule has 0 aliphatic heterocycles. The average Bonchev–Trinajstić information content (AvgIpc) is 2.42. The summed E-state index contributed by atoms with van der Waals surface area (Å²) in [6.07, 6.45) is 3.87. The van der Waals surface area contributed by atoms with Crippen molar-refractivity contribution in [1.29, 1.82) is 0 Å². The van der Waals surface area contributed by atoms with Gasteiger partial charge in [0.1, 0.15) is 0 Å². The number of ether oxygens (including phenoxy) is 2. The van der Waals surface area contributed by atoms with Crippen LogP contribution < -0.4 is 9.47 Å². The van der Waals surface area contributed by atoms with E-state index in [0.29, 0.717) is 30.1 Å². The first-order chi connectivity index (χ1) is 8.72. The predicted octanol–water partition coefficient (Wildman–Crippen LogP) is 3.86. The van der Waals surface area contributed by atoms with Gasteiger partial charge in [0.15, 0.2) is 17.3 Å². The Morgan fingerprint density at radius 1 is 1.17 bits per heavy atom. The zero-order valence-corrected chi connectivity index (χ0v) is 11.5. The summed E-state index contributed by atoms with van der Waals surface area (Å²) >= 11 is 0. The molecule has 0 unspecified atom stereocenters. The number of carbonyl (C=O) groups is 1. The number of benzene rings is 1. The van der Waals surface area contributed by atoms with E-state index in [9.17, 15) is 4.79 Å². The summed E-state index contributed by atoms with van der Waals surface area (Å²) in [5, 5.41) is 0. The molecule has 0 radical (unpaired) electrons. The van der Waals surface area contributed by atoms with Crippen LogP contribution in [0.2, 0.25) is 0 Å². The molecule has 0 heterocycles. The highest BCUT2D eigenvalue weighted by Gasteiger charge is 2.09. The van der Waals surface area contributed by atoms with Crippen LogP contribution in [0.1, 0.15) is 49.9 Å². The molecular weight excluding hydrogens is 228 g/mol. The van der Waals surface area contributed by atoms with E-state index >= 15 is 0 Å². The van der Waals surface area contributed by atoms with E-state index in [4.69, 9.17) is 9.47 Å². The van der Waals surface area contributed by atoms with E-state index in [2.05, 4.69) is 6.92 Å². The van der Waals surface area contributed by atoms with Crippen molar-refractivity contribution in [1.82, 2.24) is 0 Å². The predicted molar refractivity (Wildman–Crippen MR) is 72.6 cm³/mol. The number of hydrogen-bond acceptors (Lipinski definition) is 3. The van der Waals surface area contributed by atoms with Gasteiger partial charge in [0, 0.05) is 12.0 Å². The third kappa shape index (κ3) is 4.06. The quantitative estimate of drug-likeness (QED) is 0.519. The number of methoxy groups -OCH3 is 1. The molecule has 1 aromatic carbocycles. The highest BCUT2D eigenvalue weighted by atomic mass is 16.5. The molecule has 0 N–H and O–H groups in total. The van der Waals surface area contributed by atoms with Crippen LogP contribution in [0.4, 0.5) is 0 Å². The van der Waals surface area contributed by atoms with Gasteiger partial charge in [0.05, 0.1) is 13.7 Å². The molecule has 0 aliphatic carbocycles. The molecule has 3 heteroatoms. The molecule has 0 aromatic heterocycles. The van der Waals surface area contributed by atoms with Crippen LogP contribution in [0.5, 0.6) is 11.5 Å². The second-order valence-corrected chi connectivity index (χ2v) is 4.20. The molecule has 3 nitrogen and oxygen atoms in total. The molecule has 0 fully saturated rings. The van der Waals surface area contributed by atoms with Crippen molar-refractivity contribution in [2.75, 3.05) is 13.7 Å². The van der Waals surface area contributed by atoms with Gasteiger partial charge in [-0.1, -0.05) is 26.7 Å². The third-order valence-electron chi connectivity index (χ3n) is 2.81. The van der Waals surface area contributed by atoms with Gasteiger partial charge in [-0.2, -0.15) is 0 Å². The maximum Gasteiger partial charge on any atom is 0.162 e. The molecule has 0 spiro atoms. The molecule has 1 rings (SSSR count). The molecule has 0 atom stereocenters. The van der Waals surface area contributed by atoms with E-state index in [-0.39, 0.29) is 5.78 Å². The molecule has 0 bridgehead atoms. The van der Waals surface area contributed by atoms with Crippen LogP contribution in [0.15, 0.2) is 18.2 Å². The average molecular weight is 250 g/mol. The molecule has 0 amide bonds. The summed E-state index contributed by atoms with van der Waals surface area (Å²) in [6.45, 7) is 4.70. The highest BCUT2D eigenvalue weighted by molar-refractivity contribution is 5.96. The van der Waals surface area contributed by atoms with Gasteiger partial charge in [-0.05, 0) is 24.6 Å². The Labute approximate surface area is 109 Å². The van der Waals surface area contributed by atoms with E-state index < -0.39 is 0 Å². The first-order valence-electron chi connectivity index (χ1n) is 6.57. The Balaban J connectivity index is 2.71. The number of ketones is 1. The topological polar surface area (TPSA) is 35.5 Å². The van der Waals surface area contributed by atoms with E-state index in [0.717, 1.165) is 12.8 Å². The Hall–Kier alpha value is -1.51. The monoisotopic (exact) mass is 250 g/mol. The van der Waals surface area contributed by atoms with Crippen LogP contribution in [0, 0.1) is 0 Å². The molecule has 100 valence electrons. The number of rotatable bonds is 8. The van der Waals surface area contributed by atoms with Gasteiger partial charge in [-0.15, -0.1) is 0 Å². The Kier molecular flexibility index (Phi) is 6.26. The smallest absolute Gasteiger partial charge is 0.162 e.